The Morgan fingerprint density at radius 3 is 2.22 bits per heavy atom. The maximum Gasteiger partial charge on any atom is 0.258 e. The van der Waals surface area contributed by atoms with Crippen LogP contribution >= 0.6 is 11.6 Å². The zero-order chi connectivity index (χ0) is 16.9. The first-order valence-electron chi connectivity index (χ1n) is 7.71. The number of aliphatic hydroxyl groups excluding tert-OH is 1. The first kappa shape index (κ1) is 16.3. The summed E-state index contributed by atoms with van der Waals surface area (Å²) >= 11 is 6.08. The lowest BCUT2D eigenvalue weighted by Gasteiger charge is -2.41. The molecule has 23 heavy (non-hydrogen) atoms. The zero-order valence-electron chi connectivity index (χ0n) is 13.6. The van der Waals surface area contributed by atoms with E-state index in [1.54, 1.807) is 24.1 Å². The fourth-order valence-electron chi connectivity index (χ4n) is 3.82. The third-order valence-electron chi connectivity index (χ3n) is 5.15. The van der Waals surface area contributed by atoms with Crippen molar-refractivity contribution < 1.29 is 15.1 Å². The largest absolute Gasteiger partial charge is 0.509 e. The van der Waals surface area contributed by atoms with Crippen LogP contribution in [0.4, 0.5) is 0 Å². The van der Waals surface area contributed by atoms with E-state index in [4.69, 9.17) is 11.6 Å². The maximum absolute atomic E-state index is 12.9. The smallest absolute Gasteiger partial charge is 0.258 e. The van der Waals surface area contributed by atoms with Crippen molar-refractivity contribution in [2.75, 3.05) is 20.1 Å². The van der Waals surface area contributed by atoms with Crippen LogP contribution in [0.5, 0.6) is 0 Å². The average Bonchev–Trinajstić information content (AvgIpc) is 2.65. The van der Waals surface area contributed by atoms with Gasteiger partial charge in [-0.15, -0.1) is 0 Å². The highest BCUT2D eigenvalue weighted by Crippen LogP contribution is 2.45. The molecule has 2 heterocycles. The van der Waals surface area contributed by atoms with E-state index in [0.29, 0.717) is 36.5 Å². The third kappa shape index (κ3) is 2.35. The van der Waals surface area contributed by atoms with E-state index in [9.17, 15) is 15.1 Å². The van der Waals surface area contributed by atoms with Crippen molar-refractivity contribution >= 4 is 23.1 Å². The van der Waals surface area contributed by atoms with Crippen molar-refractivity contribution in [3.8, 4) is 0 Å². The number of piperidine rings is 1. The van der Waals surface area contributed by atoms with Gasteiger partial charge < -0.3 is 15.2 Å². The molecule has 1 spiro atoms. The van der Waals surface area contributed by atoms with Crippen LogP contribution in [0.15, 0.2) is 17.9 Å². The van der Waals surface area contributed by atoms with Gasteiger partial charge >= 0.3 is 0 Å². The van der Waals surface area contributed by atoms with Gasteiger partial charge in [0.05, 0.1) is 5.57 Å². The molecule has 2 aliphatic rings. The first-order valence-corrected chi connectivity index (χ1v) is 8.08. The molecule has 0 atom stereocenters. The number of aryl methyl sites for hydroxylation is 2. The number of carbonyl (C=O) groups excluding carboxylic acids is 1. The number of hydroxylamine groups is 2. The molecule has 5 nitrogen and oxygen atoms in total. The molecule has 1 aromatic carbocycles. The Morgan fingerprint density at radius 2 is 1.70 bits per heavy atom. The standard InChI is InChI=1S/C17H21ClN2O3/c1-10-8-12(18)9-11(2)13(10)14-15(21)17(19(3)16(14)22)4-6-20(23)7-5-17/h8-9,21,23H,4-7H2,1-3H3. The van der Waals surface area contributed by atoms with Crippen LogP contribution in [-0.2, 0) is 4.79 Å². The molecule has 1 fully saturated rings. The molecule has 0 radical (unpaired) electrons. The Morgan fingerprint density at radius 1 is 1.17 bits per heavy atom. The number of rotatable bonds is 1. The van der Waals surface area contributed by atoms with Crippen molar-refractivity contribution in [1.82, 2.24) is 9.96 Å². The van der Waals surface area contributed by atoms with Gasteiger partial charge in [0.1, 0.15) is 11.3 Å². The van der Waals surface area contributed by atoms with Crippen molar-refractivity contribution in [1.29, 1.82) is 0 Å². The van der Waals surface area contributed by atoms with Gasteiger partial charge in [-0.3, -0.25) is 4.79 Å². The molecule has 2 aliphatic heterocycles. The molecule has 0 saturated carbocycles. The van der Waals surface area contributed by atoms with Gasteiger partial charge in [-0.05, 0) is 55.5 Å². The zero-order valence-corrected chi connectivity index (χ0v) is 14.3. The second-order valence-electron chi connectivity index (χ2n) is 6.49. The summed E-state index contributed by atoms with van der Waals surface area (Å²) in [7, 11) is 1.72. The van der Waals surface area contributed by atoms with Gasteiger partial charge in [0.15, 0.2) is 0 Å². The molecule has 1 aromatic rings. The van der Waals surface area contributed by atoms with Gasteiger partial charge in [-0.1, -0.05) is 11.6 Å². The summed E-state index contributed by atoms with van der Waals surface area (Å²) in [6, 6.07) is 3.61. The van der Waals surface area contributed by atoms with E-state index >= 15 is 0 Å². The molecule has 6 heteroatoms. The molecule has 1 saturated heterocycles. The molecule has 0 unspecified atom stereocenters. The minimum absolute atomic E-state index is 0.117. The van der Waals surface area contributed by atoms with Crippen LogP contribution in [0.25, 0.3) is 5.57 Å². The normalized spacial score (nSPS) is 21.6. The summed E-state index contributed by atoms with van der Waals surface area (Å²) in [6.07, 6.45) is 1.01. The highest BCUT2D eigenvalue weighted by molar-refractivity contribution is 6.31. The van der Waals surface area contributed by atoms with E-state index in [-0.39, 0.29) is 11.7 Å². The van der Waals surface area contributed by atoms with E-state index in [0.717, 1.165) is 16.7 Å². The average molecular weight is 337 g/mol. The number of hydrogen-bond donors (Lipinski definition) is 2. The molecule has 0 aromatic heterocycles. The van der Waals surface area contributed by atoms with Crippen LogP contribution < -0.4 is 0 Å². The monoisotopic (exact) mass is 336 g/mol. The summed E-state index contributed by atoms with van der Waals surface area (Å²) in [6.45, 7) is 4.63. The Balaban J connectivity index is 2.16. The fourth-order valence-corrected chi connectivity index (χ4v) is 4.15. The van der Waals surface area contributed by atoms with Gasteiger partial charge in [-0.25, -0.2) is 0 Å². The minimum Gasteiger partial charge on any atom is -0.509 e. The molecule has 124 valence electrons. The van der Waals surface area contributed by atoms with Crippen molar-refractivity contribution in [3.63, 3.8) is 0 Å². The maximum atomic E-state index is 12.9. The highest BCUT2D eigenvalue weighted by Gasteiger charge is 2.52. The Labute approximate surface area is 140 Å². The van der Waals surface area contributed by atoms with E-state index in [1.807, 2.05) is 13.8 Å². The van der Waals surface area contributed by atoms with Gasteiger partial charge in [0.25, 0.3) is 5.91 Å². The van der Waals surface area contributed by atoms with Crippen molar-refractivity contribution in [2.24, 2.45) is 0 Å². The van der Waals surface area contributed by atoms with E-state index < -0.39 is 5.54 Å². The topological polar surface area (TPSA) is 64.0 Å². The number of carbonyl (C=O) groups is 1. The second-order valence-corrected chi connectivity index (χ2v) is 6.92. The second kappa shape index (κ2) is 5.51. The molecule has 0 aliphatic carbocycles. The molecule has 0 bridgehead atoms. The molecule has 2 N–H and O–H groups in total. The summed E-state index contributed by atoms with van der Waals surface area (Å²) < 4.78 is 0. The van der Waals surface area contributed by atoms with Gasteiger partial charge in [0.2, 0.25) is 0 Å². The predicted octanol–water partition coefficient (Wildman–Crippen LogP) is 2.92. The predicted molar refractivity (Wildman–Crippen MR) is 88.6 cm³/mol. The number of nitrogens with zero attached hydrogens (tertiary/aromatic N) is 2. The molecular formula is C17H21ClN2O3. The number of hydrogen-bond acceptors (Lipinski definition) is 4. The number of amides is 1. The minimum atomic E-state index is -0.718. The van der Waals surface area contributed by atoms with Crippen LogP contribution in [-0.4, -0.2) is 51.9 Å². The van der Waals surface area contributed by atoms with Crippen LogP contribution in [0.3, 0.4) is 0 Å². The number of aliphatic hydroxyl groups is 1. The lowest BCUT2D eigenvalue weighted by molar-refractivity contribution is -0.141. The summed E-state index contributed by atoms with van der Waals surface area (Å²) in [5.41, 5.74) is 2.15. The number of benzene rings is 1. The summed E-state index contributed by atoms with van der Waals surface area (Å²) in [4.78, 5) is 14.5. The van der Waals surface area contributed by atoms with Crippen molar-refractivity contribution in [2.45, 2.75) is 32.2 Å². The summed E-state index contributed by atoms with van der Waals surface area (Å²) in [5, 5.41) is 22.4. The molecular weight excluding hydrogens is 316 g/mol. The van der Waals surface area contributed by atoms with Crippen LogP contribution in [0, 0.1) is 13.8 Å². The Hall–Kier alpha value is -1.56. The fraction of sp³-hybridized carbons (Fsp3) is 0.471. The number of halogens is 1. The quantitative estimate of drug-likeness (QED) is 0.827. The molecule has 1 amide bonds. The van der Waals surface area contributed by atoms with Crippen LogP contribution in [0.2, 0.25) is 5.02 Å². The number of likely N-dealkylation sites (N-methyl/N-ethyl adjacent to an activating group) is 1. The Kier molecular flexibility index (Phi) is 3.91. The lowest BCUT2D eigenvalue weighted by atomic mass is 9.84. The van der Waals surface area contributed by atoms with Gasteiger partial charge in [-0.2, -0.15) is 5.06 Å². The first-order chi connectivity index (χ1) is 10.8. The van der Waals surface area contributed by atoms with Crippen LogP contribution in [0.1, 0.15) is 29.5 Å². The highest BCUT2D eigenvalue weighted by atomic mass is 35.5. The Bertz CT molecular complexity index is 683. The third-order valence-corrected chi connectivity index (χ3v) is 5.37. The summed E-state index contributed by atoms with van der Waals surface area (Å²) in [5.74, 6) is -0.0611. The van der Waals surface area contributed by atoms with Crippen molar-refractivity contribution in [3.05, 3.63) is 39.6 Å². The molecule has 3 rings (SSSR count). The van der Waals surface area contributed by atoms with E-state index in [2.05, 4.69) is 0 Å². The van der Waals surface area contributed by atoms with Gasteiger partial charge in [0, 0.05) is 25.2 Å². The SMILES string of the molecule is Cc1cc(Cl)cc(C)c1C1=C(O)C2(CCN(O)CC2)N(C)C1=O. The van der Waals surface area contributed by atoms with E-state index in [1.165, 1.54) is 5.06 Å². The lowest BCUT2D eigenvalue weighted by Crippen LogP contribution is -2.53.